The molecule has 235 valence electrons. The van der Waals surface area contributed by atoms with Gasteiger partial charge in [-0.05, 0) is 60.2 Å². The van der Waals surface area contributed by atoms with Gasteiger partial charge in [-0.2, -0.15) is 11.3 Å². The zero-order valence-electron chi connectivity index (χ0n) is 28.2. The number of fused-ring (bicyclic) bond motifs is 7. The fourth-order valence-corrected chi connectivity index (χ4v) is 8.27. The van der Waals surface area contributed by atoms with E-state index in [1.807, 2.05) is 80.0 Å². The molecular weight excluding hydrogens is 785 g/mol. The van der Waals surface area contributed by atoms with E-state index in [2.05, 4.69) is 108 Å². The second kappa shape index (κ2) is 13.6. The molecular formula is C42H36IrN2SSi-2. The van der Waals surface area contributed by atoms with Crippen molar-refractivity contribution in [1.29, 1.82) is 0 Å². The van der Waals surface area contributed by atoms with Gasteiger partial charge in [0.05, 0.1) is 8.07 Å². The van der Waals surface area contributed by atoms with E-state index in [4.69, 9.17) is 1.37 Å². The third-order valence-electron chi connectivity index (χ3n) is 8.53. The smallest absolute Gasteiger partial charge is 0.0795 e. The predicted octanol–water partition coefficient (Wildman–Crippen LogP) is 11.4. The molecule has 0 aliphatic rings. The van der Waals surface area contributed by atoms with E-state index in [9.17, 15) is 0 Å². The Morgan fingerprint density at radius 1 is 0.681 bits per heavy atom. The van der Waals surface area contributed by atoms with Gasteiger partial charge < -0.3 is 9.97 Å². The van der Waals surface area contributed by atoms with E-state index in [1.54, 1.807) is 0 Å². The minimum Gasteiger partial charge on any atom is -0.305 e. The largest absolute Gasteiger partial charge is 0.305 e. The van der Waals surface area contributed by atoms with E-state index >= 15 is 0 Å². The van der Waals surface area contributed by atoms with Crippen molar-refractivity contribution in [1.82, 2.24) is 9.97 Å². The SMILES string of the molecule is C[Si](C)(C)c1ccc(-c2[c-]cccc2)nc1.[2H]C(C)(C)c1ccnc(-c2[c-]ccc3c2sc2c3ccc3c4ccccc4ccc32)c1.[Ir]. The number of rotatable bonds is 4. The number of hydrogen-bond acceptors (Lipinski definition) is 3. The summed E-state index contributed by atoms with van der Waals surface area (Å²) < 4.78 is 10.9. The Morgan fingerprint density at radius 2 is 1.43 bits per heavy atom. The number of benzene rings is 5. The summed E-state index contributed by atoms with van der Waals surface area (Å²) in [6, 6.07) is 44.5. The standard InChI is InChI=1S/C28H20NS.C14H16NSi.Ir/c1-17(2)19-14-15-29-26(16-19)25-9-5-8-22-24-13-12-21-20-7-4-3-6-18(20)10-11-23(21)27(24)30-28(22)25;1-16(2,3)13-9-10-14(15-11-13)12-7-5-4-6-8-12;/h3-8,10-17H,1-2H3;4-7,9-11H,1-3H3;/q2*-1;/i17D;;. The molecule has 5 heteroatoms. The second-order valence-electron chi connectivity index (χ2n) is 12.9. The molecule has 0 aliphatic heterocycles. The molecule has 0 N–H and O–H groups in total. The Morgan fingerprint density at radius 3 is 2.17 bits per heavy atom. The van der Waals surface area contributed by atoms with Gasteiger partial charge in [0, 0.05) is 38.6 Å². The fourth-order valence-electron chi connectivity index (χ4n) is 5.91. The van der Waals surface area contributed by atoms with E-state index in [1.165, 1.54) is 46.9 Å². The maximum absolute atomic E-state index is 8.40. The summed E-state index contributed by atoms with van der Waals surface area (Å²) in [7, 11) is -1.23. The quantitative estimate of drug-likeness (QED) is 0.100. The van der Waals surface area contributed by atoms with Crippen molar-refractivity contribution in [3.63, 3.8) is 0 Å². The first kappa shape index (κ1) is 31.6. The summed E-state index contributed by atoms with van der Waals surface area (Å²) in [5.41, 5.74) is 4.91. The number of nitrogens with zero attached hydrogens (tertiary/aromatic N) is 2. The Balaban J connectivity index is 0.000000201. The molecule has 47 heavy (non-hydrogen) atoms. The molecule has 8 aromatic rings. The minimum atomic E-state index is -1.23. The van der Waals surface area contributed by atoms with Gasteiger partial charge in [0.1, 0.15) is 0 Å². The molecule has 0 saturated carbocycles. The van der Waals surface area contributed by atoms with Gasteiger partial charge in [0.25, 0.3) is 0 Å². The van der Waals surface area contributed by atoms with Crippen molar-refractivity contribution >= 4 is 66.3 Å². The van der Waals surface area contributed by atoms with Crippen LogP contribution in [-0.2, 0) is 20.1 Å². The van der Waals surface area contributed by atoms with Crippen LogP contribution in [0, 0.1) is 12.1 Å². The van der Waals surface area contributed by atoms with Crippen LogP contribution in [0.4, 0.5) is 0 Å². The molecule has 3 heterocycles. The number of hydrogen-bond donors (Lipinski definition) is 0. The third kappa shape index (κ3) is 6.59. The Kier molecular flexibility index (Phi) is 9.16. The molecule has 0 amide bonds. The number of thiophene rings is 1. The zero-order valence-corrected chi connectivity index (χ0v) is 31.4. The fraction of sp³-hybridized carbons (Fsp3) is 0.143. The van der Waals surface area contributed by atoms with Crippen LogP contribution in [-0.4, -0.2) is 18.0 Å². The molecule has 0 bridgehead atoms. The van der Waals surface area contributed by atoms with Gasteiger partial charge in [-0.1, -0.05) is 111 Å². The molecule has 5 aromatic carbocycles. The normalized spacial score (nSPS) is 12.1. The Hall–Kier alpha value is -3.99. The van der Waals surface area contributed by atoms with Crippen LogP contribution in [0.2, 0.25) is 19.6 Å². The van der Waals surface area contributed by atoms with Crippen LogP contribution in [0.5, 0.6) is 0 Å². The van der Waals surface area contributed by atoms with Gasteiger partial charge in [0.15, 0.2) is 0 Å². The topological polar surface area (TPSA) is 25.8 Å². The minimum absolute atomic E-state index is 0. The van der Waals surface area contributed by atoms with E-state index in [0.717, 1.165) is 28.1 Å². The third-order valence-corrected chi connectivity index (χ3v) is 11.8. The molecule has 3 aromatic heterocycles. The van der Waals surface area contributed by atoms with Crippen LogP contribution in [0.25, 0.3) is 64.2 Å². The van der Waals surface area contributed by atoms with Crippen LogP contribution < -0.4 is 5.19 Å². The van der Waals surface area contributed by atoms with Crippen molar-refractivity contribution in [2.75, 3.05) is 0 Å². The van der Waals surface area contributed by atoms with E-state index in [-0.39, 0.29) is 20.1 Å². The van der Waals surface area contributed by atoms with Crippen molar-refractivity contribution in [3.05, 3.63) is 139 Å². The van der Waals surface area contributed by atoms with Crippen molar-refractivity contribution in [3.8, 4) is 22.5 Å². The van der Waals surface area contributed by atoms with Gasteiger partial charge in [-0.25, -0.2) is 0 Å². The van der Waals surface area contributed by atoms with Crippen LogP contribution in [0.15, 0.2) is 122 Å². The maximum atomic E-state index is 8.40. The van der Waals surface area contributed by atoms with Crippen LogP contribution in [0.1, 0.15) is 26.7 Å². The maximum Gasteiger partial charge on any atom is 0.0795 e. The molecule has 0 fully saturated rings. The van der Waals surface area contributed by atoms with E-state index in [0.29, 0.717) is 0 Å². The summed E-state index contributed by atoms with van der Waals surface area (Å²) >= 11 is 1.82. The van der Waals surface area contributed by atoms with Crippen molar-refractivity contribution in [2.24, 2.45) is 0 Å². The molecule has 1 radical (unpaired) electrons. The number of aromatic nitrogens is 2. The van der Waals surface area contributed by atoms with Gasteiger partial charge in [-0.3, -0.25) is 0 Å². The predicted molar refractivity (Wildman–Crippen MR) is 202 cm³/mol. The first-order valence-electron chi connectivity index (χ1n) is 16.2. The summed E-state index contributed by atoms with van der Waals surface area (Å²) in [6.45, 7) is 10.8. The van der Waals surface area contributed by atoms with E-state index < -0.39 is 14.0 Å². The summed E-state index contributed by atoms with van der Waals surface area (Å²) in [5.74, 6) is -0.664. The molecule has 0 atom stereocenters. The first-order chi connectivity index (χ1) is 22.6. The molecule has 0 saturated heterocycles. The van der Waals surface area contributed by atoms with Crippen LogP contribution >= 0.6 is 11.3 Å². The summed E-state index contributed by atoms with van der Waals surface area (Å²) in [5, 5.41) is 9.04. The Bertz CT molecular complexity index is 2370. The van der Waals surface area contributed by atoms with Gasteiger partial charge in [0.2, 0.25) is 0 Å². The molecule has 2 nitrogen and oxygen atoms in total. The van der Waals surface area contributed by atoms with Crippen molar-refractivity contribution < 1.29 is 21.5 Å². The molecule has 8 rings (SSSR count). The van der Waals surface area contributed by atoms with Gasteiger partial charge in [-0.15, -0.1) is 59.7 Å². The monoisotopic (exact) mass is 822 g/mol. The average molecular weight is 822 g/mol. The molecule has 0 aliphatic carbocycles. The van der Waals surface area contributed by atoms with Gasteiger partial charge >= 0.3 is 0 Å². The first-order valence-corrected chi connectivity index (χ1v) is 20.0. The number of pyridine rings is 2. The molecule has 0 unspecified atom stereocenters. The van der Waals surface area contributed by atoms with Crippen molar-refractivity contribution in [2.45, 2.75) is 39.4 Å². The zero-order chi connectivity index (χ0) is 32.8. The molecule has 0 spiro atoms. The second-order valence-corrected chi connectivity index (χ2v) is 19.0. The average Bonchev–Trinajstić information content (AvgIpc) is 3.48. The summed E-state index contributed by atoms with van der Waals surface area (Å²) in [4.78, 5) is 9.16. The van der Waals surface area contributed by atoms with Crippen LogP contribution in [0.3, 0.4) is 0 Å². The summed E-state index contributed by atoms with van der Waals surface area (Å²) in [6.07, 6.45) is 3.82. The Labute approximate surface area is 297 Å².